The Kier molecular flexibility index (Phi) is 5.27. The van der Waals surface area contributed by atoms with Crippen LogP contribution in [0.25, 0.3) is 16.9 Å². The van der Waals surface area contributed by atoms with Gasteiger partial charge in [-0.25, -0.2) is 4.68 Å². The Morgan fingerprint density at radius 3 is 2.44 bits per heavy atom. The number of para-hydroxylation sites is 1. The van der Waals surface area contributed by atoms with E-state index in [2.05, 4.69) is 35.4 Å². The lowest BCUT2D eigenvalue weighted by molar-refractivity contribution is 0.179. The van der Waals surface area contributed by atoms with Crippen LogP contribution in [0, 0.1) is 0 Å². The molecule has 1 aliphatic heterocycles. The van der Waals surface area contributed by atoms with Gasteiger partial charge in [-0.15, -0.1) is 0 Å². The van der Waals surface area contributed by atoms with Crippen molar-refractivity contribution in [3.05, 3.63) is 72.4 Å². The number of hydrogen-bond donors (Lipinski definition) is 0. The van der Waals surface area contributed by atoms with Crippen LogP contribution in [0.1, 0.15) is 5.56 Å². The lowest BCUT2D eigenvalue weighted by atomic mass is 10.1. The molecule has 1 fully saturated rings. The van der Waals surface area contributed by atoms with E-state index < -0.39 is 0 Å². The monoisotopic (exact) mass is 378 g/mol. The summed E-state index contributed by atoms with van der Waals surface area (Å²) in [5, 5.41) is 5.03. The van der Waals surface area contributed by atoms with Crippen LogP contribution >= 0.6 is 11.8 Å². The molecular formula is C21H22N4OS. The predicted molar refractivity (Wildman–Crippen MR) is 110 cm³/mol. The Morgan fingerprint density at radius 1 is 1.07 bits per heavy atom. The summed E-state index contributed by atoms with van der Waals surface area (Å²) in [7, 11) is 2.05. The molecule has 0 spiro atoms. The van der Waals surface area contributed by atoms with E-state index in [4.69, 9.17) is 5.10 Å². The van der Waals surface area contributed by atoms with Gasteiger partial charge in [0.25, 0.3) is 5.24 Å². The number of carbonyl (C=O) groups excluding carboxylic acids is 1. The number of carbonyl (C=O) groups is 1. The zero-order chi connectivity index (χ0) is 18.6. The minimum atomic E-state index is 0.171. The average Bonchev–Trinajstić information content (AvgIpc) is 3.30. The Balaban J connectivity index is 1.62. The Bertz CT molecular complexity index is 910. The van der Waals surface area contributed by atoms with E-state index in [1.165, 1.54) is 11.8 Å². The number of nitrogens with zero attached hydrogens (tertiary/aromatic N) is 4. The third-order valence-corrected chi connectivity index (χ3v) is 5.45. The third kappa shape index (κ3) is 4.07. The van der Waals surface area contributed by atoms with Crippen LogP contribution in [0.3, 0.4) is 0 Å². The van der Waals surface area contributed by atoms with Crippen LogP contribution < -0.4 is 0 Å². The summed E-state index contributed by atoms with van der Waals surface area (Å²) >= 11 is 1.40. The summed E-state index contributed by atoms with van der Waals surface area (Å²) in [5.74, 6) is 0.883. The molecule has 1 amide bonds. The summed E-state index contributed by atoms with van der Waals surface area (Å²) < 4.78 is 1.93. The molecule has 2 aromatic carbocycles. The minimum Gasteiger partial charge on any atom is -0.320 e. The first-order valence-corrected chi connectivity index (χ1v) is 9.99. The van der Waals surface area contributed by atoms with Crippen LogP contribution in [0.5, 0.6) is 0 Å². The Labute approximate surface area is 163 Å². The highest BCUT2D eigenvalue weighted by Crippen LogP contribution is 2.25. The van der Waals surface area contributed by atoms with Gasteiger partial charge in [-0.2, -0.15) is 5.10 Å². The van der Waals surface area contributed by atoms with Gasteiger partial charge >= 0.3 is 0 Å². The van der Waals surface area contributed by atoms with Crippen molar-refractivity contribution in [1.82, 2.24) is 19.6 Å². The van der Waals surface area contributed by atoms with Crippen molar-refractivity contribution in [3.8, 4) is 16.9 Å². The smallest absolute Gasteiger partial charge is 0.282 e. The molecule has 0 bridgehead atoms. The fourth-order valence-corrected chi connectivity index (χ4v) is 4.08. The quantitative estimate of drug-likeness (QED) is 0.648. The van der Waals surface area contributed by atoms with Crippen molar-refractivity contribution in [2.45, 2.75) is 6.54 Å². The highest BCUT2D eigenvalue weighted by Gasteiger charge is 2.23. The van der Waals surface area contributed by atoms with Crippen LogP contribution in [-0.4, -0.2) is 50.8 Å². The second-order valence-electron chi connectivity index (χ2n) is 6.68. The zero-order valence-corrected chi connectivity index (χ0v) is 16.1. The third-order valence-electron chi connectivity index (χ3n) is 4.56. The molecule has 3 aromatic rings. The summed E-state index contributed by atoms with van der Waals surface area (Å²) in [6.07, 6.45) is 2.09. The fraction of sp³-hybridized carbons (Fsp3) is 0.238. The van der Waals surface area contributed by atoms with Gasteiger partial charge in [0.1, 0.15) is 0 Å². The van der Waals surface area contributed by atoms with Crippen LogP contribution in [-0.2, 0) is 6.54 Å². The summed E-state index contributed by atoms with van der Waals surface area (Å²) in [6, 6.07) is 20.4. The van der Waals surface area contributed by atoms with Crippen molar-refractivity contribution in [1.29, 1.82) is 0 Å². The zero-order valence-electron chi connectivity index (χ0n) is 15.3. The van der Waals surface area contributed by atoms with Crippen LogP contribution in [0.2, 0.25) is 0 Å². The summed E-state index contributed by atoms with van der Waals surface area (Å²) in [5.41, 5.74) is 4.26. The predicted octanol–water partition coefficient (Wildman–Crippen LogP) is 4.10. The van der Waals surface area contributed by atoms with Crippen molar-refractivity contribution >= 4 is 17.0 Å². The first kappa shape index (κ1) is 17.8. The maximum Gasteiger partial charge on any atom is 0.282 e. The van der Waals surface area contributed by atoms with Gasteiger partial charge in [0.05, 0.1) is 18.1 Å². The maximum absolute atomic E-state index is 11.9. The number of benzene rings is 2. The molecule has 1 aliphatic rings. The molecule has 6 heteroatoms. The molecule has 4 rings (SSSR count). The van der Waals surface area contributed by atoms with E-state index in [1.807, 2.05) is 53.0 Å². The second-order valence-corrected chi connectivity index (χ2v) is 7.73. The lowest BCUT2D eigenvalue weighted by Gasteiger charge is -2.23. The molecule has 0 unspecified atom stereocenters. The topological polar surface area (TPSA) is 41.4 Å². The molecule has 2 heterocycles. The number of thioether (sulfide) groups is 1. The first-order valence-electron chi connectivity index (χ1n) is 9.00. The van der Waals surface area contributed by atoms with Gasteiger partial charge in [-0.05, 0) is 19.2 Å². The molecule has 0 N–H and O–H groups in total. The van der Waals surface area contributed by atoms with E-state index >= 15 is 0 Å². The molecule has 0 radical (unpaired) electrons. The van der Waals surface area contributed by atoms with Gasteiger partial charge in [0.2, 0.25) is 0 Å². The molecule has 0 atom stereocenters. The van der Waals surface area contributed by atoms with Gasteiger partial charge in [-0.1, -0.05) is 60.3 Å². The van der Waals surface area contributed by atoms with Crippen molar-refractivity contribution in [2.24, 2.45) is 0 Å². The van der Waals surface area contributed by atoms with E-state index in [1.54, 1.807) is 0 Å². The van der Waals surface area contributed by atoms with Gasteiger partial charge in [0.15, 0.2) is 0 Å². The second kappa shape index (κ2) is 7.98. The number of hydrogen-bond acceptors (Lipinski definition) is 4. The van der Waals surface area contributed by atoms with Gasteiger partial charge < -0.3 is 4.90 Å². The number of aromatic nitrogens is 2. The number of rotatable bonds is 6. The van der Waals surface area contributed by atoms with E-state index in [0.29, 0.717) is 6.67 Å². The highest BCUT2D eigenvalue weighted by atomic mass is 32.2. The molecule has 1 saturated heterocycles. The molecular weight excluding hydrogens is 356 g/mol. The maximum atomic E-state index is 11.9. The Morgan fingerprint density at radius 2 is 1.78 bits per heavy atom. The standard InChI is InChI=1S/C21H22N4OS/c1-23(16-24-12-13-27-21(24)26)14-18-15-25(19-10-6-3-7-11-19)22-20(18)17-8-4-2-5-9-17/h2-11,15H,12-14,16H2,1H3. The molecule has 5 nitrogen and oxygen atoms in total. The summed E-state index contributed by atoms with van der Waals surface area (Å²) in [6.45, 7) is 2.19. The van der Waals surface area contributed by atoms with Gasteiger partial charge in [-0.3, -0.25) is 9.69 Å². The fourth-order valence-electron chi connectivity index (χ4n) is 3.26. The van der Waals surface area contributed by atoms with E-state index in [-0.39, 0.29) is 5.24 Å². The van der Waals surface area contributed by atoms with Crippen molar-refractivity contribution in [2.75, 3.05) is 26.0 Å². The molecule has 138 valence electrons. The normalized spacial score (nSPS) is 14.3. The van der Waals surface area contributed by atoms with E-state index in [0.717, 1.165) is 41.4 Å². The SMILES string of the molecule is CN(Cc1cn(-c2ccccc2)nc1-c1ccccc1)CN1CCSC1=O. The molecule has 1 aromatic heterocycles. The highest BCUT2D eigenvalue weighted by molar-refractivity contribution is 8.13. The lowest BCUT2D eigenvalue weighted by Crippen LogP contribution is -2.35. The van der Waals surface area contributed by atoms with Crippen molar-refractivity contribution in [3.63, 3.8) is 0 Å². The minimum absolute atomic E-state index is 0.171. The van der Waals surface area contributed by atoms with E-state index in [9.17, 15) is 4.79 Å². The van der Waals surface area contributed by atoms with Crippen LogP contribution in [0.4, 0.5) is 4.79 Å². The van der Waals surface area contributed by atoms with Crippen LogP contribution in [0.15, 0.2) is 66.9 Å². The molecule has 0 saturated carbocycles. The molecule has 27 heavy (non-hydrogen) atoms. The first-order chi connectivity index (χ1) is 13.2. The number of amides is 1. The van der Waals surface area contributed by atoms with Gasteiger partial charge in [0, 0.05) is 36.2 Å². The molecule has 0 aliphatic carbocycles. The summed E-state index contributed by atoms with van der Waals surface area (Å²) in [4.78, 5) is 16.0. The van der Waals surface area contributed by atoms with Crippen molar-refractivity contribution < 1.29 is 4.79 Å². The average molecular weight is 379 g/mol. The Hall–Kier alpha value is -2.57. The largest absolute Gasteiger partial charge is 0.320 e.